The molecule has 2 aromatic rings. The molecule has 3 amide bonds. The van der Waals surface area contributed by atoms with Crippen LogP contribution in [0.1, 0.15) is 17.0 Å². The van der Waals surface area contributed by atoms with E-state index in [9.17, 15) is 9.59 Å². The minimum absolute atomic E-state index is 0.0989. The molecule has 0 aliphatic heterocycles. The second-order valence-electron chi connectivity index (χ2n) is 4.71. The van der Waals surface area contributed by atoms with Crippen molar-refractivity contribution >= 4 is 11.9 Å². The van der Waals surface area contributed by atoms with Crippen LogP contribution in [0.5, 0.6) is 0 Å². The smallest absolute Gasteiger partial charge is 0.322 e. The SMILES string of the molecule is Cc1ccc[n+](CC(=O)NC(=O)NCc2ccco2)c1C. The van der Waals surface area contributed by atoms with Crippen molar-refractivity contribution in [3.05, 3.63) is 53.7 Å². The van der Waals surface area contributed by atoms with Gasteiger partial charge in [-0.05, 0) is 25.1 Å². The molecule has 2 rings (SSSR count). The number of amides is 3. The molecule has 0 bridgehead atoms. The Kier molecular flexibility index (Phi) is 4.71. The molecule has 0 atom stereocenters. The first-order valence-corrected chi connectivity index (χ1v) is 6.62. The van der Waals surface area contributed by atoms with Crippen LogP contribution >= 0.6 is 0 Å². The first-order chi connectivity index (χ1) is 10.1. The second kappa shape index (κ2) is 6.69. The highest BCUT2D eigenvalue weighted by molar-refractivity contribution is 5.93. The number of rotatable bonds is 4. The third kappa shape index (κ3) is 4.17. The van der Waals surface area contributed by atoms with Gasteiger partial charge < -0.3 is 9.73 Å². The monoisotopic (exact) mass is 288 g/mol. The van der Waals surface area contributed by atoms with Gasteiger partial charge in [0.15, 0.2) is 11.9 Å². The Morgan fingerprint density at radius 2 is 2.05 bits per heavy atom. The Bertz CT molecular complexity index is 636. The highest BCUT2D eigenvalue weighted by atomic mass is 16.3. The minimum Gasteiger partial charge on any atom is -0.467 e. The number of imide groups is 1. The van der Waals surface area contributed by atoms with Crippen molar-refractivity contribution in [3.63, 3.8) is 0 Å². The van der Waals surface area contributed by atoms with Crippen LogP contribution in [-0.2, 0) is 17.9 Å². The Hall–Kier alpha value is -2.63. The first-order valence-electron chi connectivity index (χ1n) is 6.62. The molecule has 0 fully saturated rings. The molecule has 0 radical (unpaired) electrons. The summed E-state index contributed by atoms with van der Waals surface area (Å²) in [5.74, 6) is 0.257. The van der Waals surface area contributed by atoms with Crippen molar-refractivity contribution in [1.82, 2.24) is 10.6 Å². The van der Waals surface area contributed by atoms with Crippen LogP contribution in [0.4, 0.5) is 4.79 Å². The lowest BCUT2D eigenvalue weighted by molar-refractivity contribution is -0.690. The number of pyridine rings is 1. The zero-order valence-corrected chi connectivity index (χ0v) is 12.1. The van der Waals surface area contributed by atoms with Crippen LogP contribution < -0.4 is 15.2 Å². The third-order valence-corrected chi connectivity index (χ3v) is 3.18. The lowest BCUT2D eigenvalue weighted by Gasteiger charge is -2.05. The van der Waals surface area contributed by atoms with Gasteiger partial charge >= 0.3 is 6.03 Å². The molecule has 0 aliphatic carbocycles. The van der Waals surface area contributed by atoms with E-state index in [0.717, 1.165) is 11.3 Å². The van der Waals surface area contributed by atoms with Crippen molar-refractivity contribution in [2.24, 2.45) is 0 Å². The van der Waals surface area contributed by atoms with Gasteiger partial charge in [0.1, 0.15) is 5.76 Å². The van der Waals surface area contributed by atoms with Crippen LogP contribution in [0.25, 0.3) is 0 Å². The molecule has 6 nitrogen and oxygen atoms in total. The highest BCUT2D eigenvalue weighted by Gasteiger charge is 2.15. The van der Waals surface area contributed by atoms with E-state index in [4.69, 9.17) is 4.42 Å². The molecule has 2 heterocycles. The third-order valence-electron chi connectivity index (χ3n) is 3.18. The normalized spacial score (nSPS) is 10.2. The summed E-state index contributed by atoms with van der Waals surface area (Å²) in [6, 6.07) is 6.78. The first kappa shape index (κ1) is 14.8. The molecule has 0 saturated heterocycles. The molecule has 0 saturated carbocycles. The van der Waals surface area contributed by atoms with Gasteiger partial charge in [0, 0.05) is 18.6 Å². The number of aryl methyl sites for hydroxylation is 1. The molecule has 0 aromatic carbocycles. The summed E-state index contributed by atoms with van der Waals surface area (Å²) in [7, 11) is 0. The minimum atomic E-state index is -0.540. The van der Waals surface area contributed by atoms with E-state index in [1.807, 2.05) is 32.2 Å². The average Bonchev–Trinajstić information content (AvgIpc) is 2.95. The summed E-state index contributed by atoms with van der Waals surface area (Å²) in [5, 5.41) is 4.84. The number of hydrogen-bond acceptors (Lipinski definition) is 3. The topological polar surface area (TPSA) is 75.2 Å². The zero-order chi connectivity index (χ0) is 15.2. The molecule has 0 unspecified atom stereocenters. The van der Waals surface area contributed by atoms with Gasteiger partial charge in [-0.2, -0.15) is 4.57 Å². The highest BCUT2D eigenvalue weighted by Crippen LogP contribution is 1.99. The molecule has 110 valence electrons. The van der Waals surface area contributed by atoms with Gasteiger partial charge in [0.05, 0.1) is 12.8 Å². The summed E-state index contributed by atoms with van der Waals surface area (Å²) in [6.07, 6.45) is 3.33. The summed E-state index contributed by atoms with van der Waals surface area (Å²) in [6.45, 7) is 4.24. The van der Waals surface area contributed by atoms with Gasteiger partial charge in [0.25, 0.3) is 5.91 Å². The molecule has 0 aliphatic rings. The Labute approximate surface area is 122 Å². The van der Waals surface area contributed by atoms with E-state index >= 15 is 0 Å². The molecular formula is C15H18N3O3+. The summed E-state index contributed by atoms with van der Waals surface area (Å²) >= 11 is 0. The van der Waals surface area contributed by atoms with Gasteiger partial charge in [-0.1, -0.05) is 0 Å². The molecule has 0 spiro atoms. The number of hydrogen-bond donors (Lipinski definition) is 2. The van der Waals surface area contributed by atoms with E-state index in [2.05, 4.69) is 10.6 Å². The van der Waals surface area contributed by atoms with Crippen LogP contribution in [-0.4, -0.2) is 11.9 Å². The molecular weight excluding hydrogens is 270 g/mol. The second-order valence-corrected chi connectivity index (χ2v) is 4.71. The number of urea groups is 1. The fraction of sp³-hybridized carbons (Fsp3) is 0.267. The largest absolute Gasteiger partial charge is 0.467 e. The Balaban J connectivity index is 1.83. The van der Waals surface area contributed by atoms with E-state index in [0.29, 0.717) is 5.76 Å². The van der Waals surface area contributed by atoms with E-state index in [1.54, 1.807) is 16.7 Å². The number of carbonyl (C=O) groups excluding carboxylic acids is 2. The lowest BCUT2D eigenvalue weighted by Crippen LogP contribution is -2.48. The predicted octanol–water partition coefficient (Wildman–Crippen LogP) is 1.21. The van der Waals surface area contributed by atoms with Gasteiger partial charge in [-0.25, -0.2) is 4.79 Å². The number of furan rings is 1. The average molecular weight is 288 g/mol. The molecule has 2 N–H and O–H groups in total. The number of aromatic nitrogens is 1. The van der Waals surface area contributed by atoms with Crippen LogP contribution in [0.15, 0.2) is 41.1 Å². The maximum Gasteiger partial charge on any atom is 0.322 e. The van der Waals surface area contributed by atoms with E-state index in [-0.39, 0.29) is 19.0 Å². The number of nitrogens with one attached hydrogen (secondary N) is 2. The Morgan fingerprint density at radius 3 is 2.76 bits per heavy atom. The van der Waals surface area contributed by atoms with Crippen LogP contribution in [0.2, 0.25) is 0 Å². The summed E-state index contributed by atoms with van der Waals surface area (Å²) in [5.41, 5.74) is 2.08. The summed E-state index contributed by atoms with van der Waals surface area (Å²) in [4.78, 5) is 23.4. The Morgan fingerprint density at radius 1 is 1.24 bits per heavy atom. The lowest BCUT2D eigenvalue weighted by atomic mass is 10.2. The van der Waals surface area contributed by atoms with E-state index < -0.39 is 6.03 Å². The molecule has 6 heteroatoms. The zero-order valence-electron chi connectivity index (χ0n) is 12.1. The van der Waals surface area contributed by atoms with Crippen molar-refractivity contribution in [2.45, 2.75) is 26.9 Å². The number of nitrogens with zero attached hydrogens (tertiary/aromatic N) is 1. The summed E-state index contributed by atoms with van der Waals surface area (Å²) < 4.78 is 6.88. The van der Waals surface area contributed by atoms with Crippen molar-refractivity contribution in [1.29, 1.82) is 0 Å². The van der Waals surface area contributed by atoms with E-state index in [1.165, 1.54) is 6.26 Å². The van der Waals surface area contributed by atoms with Crippen LogP contribution in [0.3, 0.4) is 0 Å². The van der Waals surface area contributed by atoms with Crippen molar-refractivity contribution < 1.29 is 18.6 Å². The van der Waals surface area contributed by atoms with Gasteiger partial charge in [-0.15, -0.1) is 0 Å². The maximum absolute atomic E-state index is 11.8. The standard InChI is InChI=1S/C15H17N3O3/c1-11-5-3-7-18(12(11)2)10-14(19)17-15(20)16-9-13-6-4-8-21-13/h3-8H,9-10H2,1-2H3,(H-,16,17,19,20)/p+1. The van der Waals surface area contributed by atoms with Crippen molar-refractivity contribution in [2.75, 3.05) is 0 Å². The van der Waals surface area contributed by atoms with Crippen LogP contribution in [0, 0.1) is 13.8 Å². The molecule has 2 aromatic heterocycles. The maximum atomic E-state index is 11.8. The van der Waals surface area contributed by atoms with Gasteiger partial charge in [0.2, 0.25) is 6.54 Å². The quantitative estimate of drug-likeness (QED) is 0.830. The fourth-order valence-corrected chi connectivity index (χ4v) is 1.87. The number of carbonyl (C=O) groups is 2. The van der Waals surface area contributed by atoms with Crippen molar-refractivity contribution in [3.8, 4) is 0 Å². The predicted molar refractivity (Wildman–Crippen MR) is 75.2 cm³/mol. The molecule has 21 heavy (non-hydrogen) atoms. The van der Waals surface area contributed by atoms with Gasteiger partial charge in [-0.3, -0.25) is 10.1 Å². The fourth-order valence-electron chi connectivity index (χ4n) is 1.87.